The molecule has 0 atom stereocenters. The number of aryl methyl sites for hydroxylation is 2. The number of nitrogens with zero attached hydrogens (tertiary/aromatic N) is 4. The molecule has 2 heterocycles. The molecule has 0 aliphatic carbocycles. The number of benzene rings is 1. The fourth-order valence-corrected chi connectivity index (χ4v) is 3.19. The van der Waals surface area contributed by atoms with Crippen LogP contribution in [0.15, 0.2) is 23.2 Å². The third kappa shape index (κ3) is 3.24. The predicted octanol–water partition coefficient (Wildman–Crippen LogP) is 1.75. The smallest absolute Gasteiger partial charge is 0.260 e. The van der Waals surface area contributed by atoms with Gasteiger partial charge >= 0.3 is 0 Å². The number of piperazine rings is 1. The average Bonchev–Trinajstić information content (AvgIpc) is 3.06. The molecule has 0 spiro atoms. The Morgan fingerprint density at radius 1 is 1.09 bits per heavy atom. The SMILES string of the molecule is CCN1CCN(C2=NCCN2C(=O)c2ccc(C)c(C)c2)CC1. The summed E-state index contributed by atoms with van der Waals surface area (Å²) in [7, 11) is 0. The third-order valence-corrected chi connectivity index (χ3v) is 4.92. The first-order chi connectivity index (χ1) is 11.1. The molecule has 0 unspecified atom stereocenters. The molecule has 23 heavy (non-hydrogen) atoms. The van der Waals surface area contributed by atoms with Crippen molar-refractivity contribution in [2.75, 3.05) is 45.8 Å². The van der Waals surface area contributed by atoms with E-state index in [1.165, 1.54) is 5.56 Å². The van der Waals surface area contributed by atoms with E-state index in [9.17, 15) is 4.79 Å². The first-order valence-electron chi connectivity index (χ1n) is 8.51. The Morgan fingerprint density at radius 3 is 2.48 bits per heavy atom. The maximum absolute atomic E-state index is 12.9. The molecule has 5 heteroatoms. The summed E-state index contributed by atoms with van der Waals surface area (Å²) in [5.74, 6) is 0.936. The van der Waals surface area contributed by atoms with Crippen molar-refractivity contribution in [1.82, 2.24) is 14.7 Å². The number of hydrogen-bond acceptors (Lipinski definition) is 4. The molecule has 2 aliphatic rings. The fourth-order valence-electron chi connectivity index (χ4n) is 3.19. The van der Waals surface area contributed by atoms with Gasteiger partial charge in [0.25, 0.3) is 5.91 Å². The second-order valence-corrected chi connectivity index (χ2v) is 6.36. The van der Waals surface area contributed by atoms with Crippen LogP contribution < -0.4 is 0 Å². The lowest BCUT2D eigenvalue weighted by Crippen LogP contribution is -2.53. The number of likely N-dealkylation sites (N-methyl/N-ethyl adjacent to an activating group) is 1. The van der Waals surface area contributed by atoms with Crippen molar-refractivity contribution in [3.05, 3.63) is 34.9 Å². The topological polar surface area (TPSA) is 39.1 Å². The van der Waals surface area contributed by atoms with E-state index in [0.717, 1.165) is 49.8 Å². The molecule has 1 fully saturated rings. The van der Waals surface area contributed by atoms with Gasteiger partial charge in [-0.05, 0) is 43.7 Å². The Kier molecular flexibility index (Phi) is 4.66. The number of amides is 1. The minimum absolute atomic E-state index is 0.0715. The van der Waals surface area contributed by atoms with E-state index < -0.39 is 0 Å². The molecule has 1 aromatic rings. The zero-order valence-corrected chi connectivity index (χ0v) is 14.4. The first kappa shape index (κ1) is 16.0. The van der Waals surface area contributed by atoms with Crippen molar-refractivity contribution in [3.63, 3.8) is 0 Å². The molecule has 0 aromatic heterocycles. The van der Waals surface area contributed by atoms with Crippen molar-refractivity contribution in [1.29, 1.82) is 0 Å². The van der Waals surface area contributed by atoms with Gasteiger partial charge in [-0.25, -0.2) is 0 Å². The molecule has 0 N–H and O–H groups in total. The van der Waals surface area contributed by atoms with Gasteiger partial charge in [0.2, 0.25) is 5.96 Å². The van der Waals surface area contributed by atoms with Crippen LogP contribution in [-0.4, -0.2) is 72.4 Å². The highest BCUT2D eigenvalue weighted by Crippen LogP contribution is 2.16. The molecule has 0 saturated carbocycles. The van der Waals surface area contributed by atoms with Crippen LogP contribution in [0.1, 0.15) is 28.4 Å². The highest BCUT2D eigenvalue weighted by molar-refractivity contribution is 6.06. The lowest BCUT2D eigenvalue weighted by Gasteiger charge is -2.37. The fraction of sp³-hybridized carbons (Fsp3) is 0.556. The molecule has 1 saturated heterocycles. The van der Waals surface area contributed by atoms with E-state index in [4.69, 9.17) is 0 Å². The maximum atomic E-state index is 12.9. The van der Waals surface area contributed by atoms with E-state index in [1.807, 2.05) is 23.1 Å². The van der Waals surface area contributed by atoms with Crippen LogP contribution in [-0.2, 0) is 0 Å². The molecule has 3 rings (SSSR count). The number of aliphatic imine (C=N–C) groups is 1. The lowest BCUT2D eigenvalue weighted by molar-refractivity contribution is 0.0834. The van der Waals surface area contributed by atoms with Crippen LogP contribution >= 0.6 is 0 Å². The summed E-state index contributed by atoms with van der Waals surface area (Å²) in [6, 6.07) is 5.94. The van der Waals surface area contributed by atoms with Crippen LogP contribution in [0.4, 0.5) is 0 Å². The van der Waals surface area contributed by atoms with Crippen LogP contribution in [0, 0.1) is 13.8 Å². The Labute approximate surface area is 138 Å². The zero-order chi connectivity index (χ0) is 16.4. The van der Waals surface area contributed by atoms with Crippen LogP contribution in [0.5, 0.6) is 0 Å². The van der Waals surface area contributed by atoms with Crippen molar-refractivity contribution >= 4 is 11.9 Å². The van der Waals surface area contributed by atoms with Crippen molar-refractivity contribution < 1.29 is 4.79 Å². The Balaban J connectivity index is 1.73. The highest BCUT2D eigenvalue weighted by atomic mass is 16.2. The van der Waals surface area contributed by atoms with Gasteiger partial charge in [0, 0.05) is 38.3 Å². The second kappa shape index (κ2) is 6.71. The first-order valence-corrected chi connectivity index (χ1v) is 8.51. The van der Waals surface area contributed by atoms with Crippen LogP contribution in [0.2, 0.25) is 0 Å². The largest absolute Gasteiger partial charge is 0.340 e. The molecule has 2 aliphatic heterocycles. The van der Waals surface area contributed by atoms with Crippen LogP contribution in [0.25, 0.3) is 0 Å². The van der Waals surface area contributed by atoms with Gasteiger partial charge in [0.05, 0.1) is 6.54 Å². The van der Waals surface area contributed by atoms with Gasteiger partial charge in [0.1, 0.15) is 0 Å². The van der Waals surface area contributed by atoms with E-state index in [1.54, 1.807) is 0 Å². The van der Waals surface area contributed by atoms with Gasteiger partial charge < -0.3 is 9.80 Å². The molecule has 124 valence electrons. The van der Waals surface area contributed by atoms with Gasteiger partial charge in [-0.3, -0.25) is 14.7 Å². The summed E-state index contributed by atoms with van der Waals surface area (Å²) in [6.45, 7) is 12.8. The molecule has 5 nitrogen and oxygen atoms in total. The quantitative estimate of drug-likeness (QED) is 0.835. The monoisotopic (exact) mass is 314 g/mol. The van der Waals surface area contributed by atoms with Gasteiger partial charge in [-0.1, -0.05) is 13.0 Å². The summed E-state index contributed by atoms with van der Waals surface area (Å²) in [6.07, 6.45) is 0. The summed E-state index contributed by atoms with van der Waals surface area (Å²) >= 11 is 0. The second-order valence-electron chi connectivity index (χ2n) is 6.36. The van der Waals surface area contributed by atoms with Gasteiger partial charge in [0.15, 0.2) is 0 Å². The van der Waals surface area contributed by atoms with Crippen molar-refractivity contribution in [3.8, 4) is 0 Å². The summed E-state index contributed by atoms with van der Waals surface area (Å²) in [5, 5.41) is 0. The number of hydrogen-bond donors (Lipinski definition) is 0. The number of carbonyl (C=O) groups excluding carboxylic acids is 1. The predicted molar refractivity (Wildman–Crippen MR) is 92.9 cm³/mol. The number of rotatable bonds is 2. The molecular weight excluding hydrogens is 288 g/mol. The highest BCUT2D eigenvalue weighted by Gasteiger charge is 2.30. The lowest BCUT2D eigenvalue weighted by atomic mass is 10.1. The molecular formula is C18H26N4O. The van der Waals surface area contributed by atoms with Crippen molar-refractivity contribution in [2.45, 2.75) is 20.8 Å². The van der Waals surface area contributed by atoms with E-state index >= 15 is 0 Å². The molecule has 0 radical (unpaired) electrons. The van der Waals surface area contributed by atoms with Crippen LogP contribution in [0.3, 0.4) is 0 Å². The normalized spacial score (nSPS) is 19.2. The zero-order valence-electron chi connectivity index (χ0n) is 14.4. The summed E-state index contributed by atoms with van der Waals surface area (Å²) in [4.78, 5) is 24.0. The molecule has 0 bridgehead atoms. The van der Waals surface area contributed by atoms with E-state index in [0.29, 0.717) is 13.1 Å². The third-order valence-electron chi connectivity index (χ3n) is 4.92. The standard InChI is InChI=1S/C18H26N4O/c1-4-20-9-11-21(12-10-20)18-19-7-8-22(18)17(23)16-6-5-14(2)15(3)13-16/h5-6,13H,4,7-12H2,1-3H3. The maximum Gasteiger partial charge on any atom is 0.260 e. The van der Waals surface area contributed by atoms with E-state index in [-0.39, 0.29) is 5.91 Å². The number of guanidine groups is 1. The molecule has 1 aromatic carbocycles. The Hall–Kier alpha value is -1.88. The summed E-state index contributed by atoms with van der Waals surface area (Å²) < 4.78 is 0. The van der Waals surface area contributed by atoms with Gasteiger partial charge in [-0.2, -0.15) is 0 Å². The number of carbonyl (C=O) groups is 1. The average molecular weight is 314 g/mol. The van der Waals surface area contributed by atoms with Gasteiger partial charge in [-0.15, -0.1) is 0 Å². The molecule has 1 amide bonds. The Morgan fingerprint density at radius 2 is 1.83 bits per heavy atom. The Bertz CT molecular complexity index is 617. The minimum Gasteiger partial charge on any atom is -0.340 e. The van der Waals surface area contributed by atoms with E-state index in [2.05, 4.69) is 35.6 Å². The summed E-state index contributed by atoms with van der Waals surface area (Å²) in [5.41, 5.74) is 3.13. The van der Waals surface area contributed by atoms with Crippen molar-refractivity contribution in [2.24, 2.45) is 4.99 Å². The minimum atomic E-state index is 0.0715.